The molecule has 0 heterocycles. The van der Waals surface area contributed by atoms with Gasteiger partial charge in [0.1, 0.15) is 0 Å². The number of benzene rings is 1. The van der Waals surface area contributed by atoms with E-state index in [1.807, 2.05) is 0 Å². The molecule has 3 N–H and O–H groups in total. The third-order valence-corrected chi connectivity index (χ3v) is 3.63. The number of hydrogen-bond donors (Lipinski definition) is 3. The smallest absolute Gasteiger partial charge is 0.335 e. The molecule has 7 heteroatoms. The van der Waals surface area contributed by atoms with Gasteiger partial charge in [-0.2, -0.15) is 11.8 Å². The maximum absolute atomic E-state index is 11.7. The summed E-state index contributed by atoms with van der Waals surface area (Å²) in [6.07, 6.45) is 2.08. The van der Waals surface area contributed by atoms with Crippen LogP contribution in [-0.4, -0.2) is 39.6 Å². The minimum atomic E-state index is -1.24. The van der Waals surface area contributed by atoms with Crippen molar-refractivity contribution in [3.63, 3.8) is 0 Å². The first-order chi connectivity index (χ1) is 9.93. The van der Waals surface area contributed by atoms with Crippen LogP contribution in [0.15, 0.2) is 18.2 Å². The van der Waals surface area contributed by atoms with Gasteiger partial charge in [-0.1, -0.05) is 13.3 Å². The Hall–Kier alpha value is -2.02. The standard InChI is InChI=1S/C14H17NO5S/c1-2-3-4-21-8-12(16)15-11-6-9(13(17)18)5-10(7-11)14(19)20/h5-7H,2-4,8H2,1H3,(H,15,16)(H,17,18)(H,19,20). The van der Waals surface area contributed by atoms with Crippen molar-refractivity contribution in [2.24, 2.45) is 0 Å². The fourth-order valence-corrected chi connectivity index (χ4v) is 2.45. The number of anilines is 1. The summed E-state index contributed by atoms with van der Waals surface area (Å²) >= 11 is 1.48. The average Bonchev–Trinajstić information content (AvgIpc) is 2.43. The first kappa shape index (κ1) is 17.0. The summed E-state index contributed by atoms with van der Waals surface area (Å²) in [5.74, 6) is -1.65. The van der Waals surface area contributed by atoms with Gasteiger partial charge in [0.25, 0.3) is 0 Å². The van der Waals surface area contributed by atoms with Crippen molar-refractivity contribution in [3.8, 4) is 0 Å². The van der Waals surface area contributed by atoms with Crippen LogP contribution in [0.4, 0.5) is 5.69 Å². The van der Waals surface area contributed by atoms with Crippen LogP contribution >= 0.6 is 11.8 Å². The van der Waals surface area contributed by atoms with Crippen molar-refractivity contribution in [2.45, 2.75) is 19.8 Å². The van der Waals surface area contributed by atoms with E-state index in [4.69, 9.17) is 10.2 Å². The van der Waals surface area contributed by atoms with Gasteiger partial charge in [-0.05, 0) is 30.4 Å². The Morgan fingerprint density at radius 2 is 1.67 bits per heavy atom. The molecule has 1 amide bonds. The molecule has 0 aliphatic carbocycles. The van der Waals surface area contributed by atoms with Crippen molar-refractivity contribution in [1.29, 1.82) is 0 Å². The van der Waals surface area contributed by atoms with Gasteiger partial charge >= 0.3 is 11.9 Å². The molecule has 0 fully saturated rings. The molecule has 0 aliphatic heterocycles. The first-order valence-corrected chi connectivity index (χ1v) is 7.58. The Morgan fingerprint density at radius 1 is 1.10 bits per heavy atom. The number of aromatic carboxylic acids is 2. The number of carbonyl (C=O) groups excluding carboxylic acids is 1. The van der Waals surface area contributed by atoms with E-state index in [2.05, 4.69) is 12.2 Å². The van der Waals surface area contributed by atoms with E-state index in [1.165, 1.54) is 23.9 Å². The third-order valence-electron chi connectivity index (χ3n) is 2.59. The monoisotopic (exact) mass is 311 g/mol. The lowest BCUT2D eigenvalue weighted by Gasteiger charge is -2.07. The minimum Gasteiger partial charge on any atom is -0.478 e. The van der Waals surface area contributed by atoms with E-state index >= 15 is 0 Å². The summed E-state index contributed by atoms with van der Waals surface area (Å²) < 4.78 is 0. The first-order valence-electron chi connectivity index (χ1n) is 6.43. The third kappa shape index (κ3) is 5.86. The zero-order chi connectivity index (χ0) is 15.8. The second-order valence-electron chi connectivity index (χ2n) is 4.36. The number of hydrogen-bond acceptors (Lipinski definition) is 4. The molecule has 0 saturated heterocycles. The summed E-state index contributed by atoms with van der Waals surface area (Å²) in [5.41, 5.74) is -0.180. The molecule has 0 atom stereocenters. The lowest BCUT2D eigenvalue weighted by molar-refractivity contribution is -0.113. The Labute approximate surface area is 126 Å². The molecule has 0 aromatic heterocycles. The Bertz CT molecular complexity index is 512. The number of carboxylic acids is 2. The predicted molar refractivity (Wildman–Crippen MR) is 81.2 cm³/mol. The molecule has 114 valence electrons. The quantitative estimate of drug-likeness (QED) is 0.637. The van der Waals surface area contributed by atoms with Gasteiger partial charge in [0, 0.05) is 5.69 Å². The number of rotatable bonds is 8. The Kier molecular flexibility index (Phi) is 6.74. The second-order valence-corrected chi connectivity index (χ2v) is 5.47. The summed E-state index contributed by atoms with van der Waals surface area (Å²) in [6, 6.07) is 3.53. The largest absolute Gasteiger partial charge is 0.478 e. The van der Waals surface area contributed by atoms with E-state index in [0.717, 1.165) is 24.7 Å². The SMILES string of the molecule is CCCCSCC(=O)Nc1cc(C(=O)O)cc(C(=O)O)c1. The van der Waals surface area contributed by atoms with Gasteiger partial charge < -0.3 is 15.5 Å². The van der Waals surface area contributed by atoms with Crippen LogP contribution in [0.3, 0.4) is 0 Å². The highest BCUT2D eigenvalue weighted by Crippen LogP contribution is 2.16. The molecule has 6 nitrogen and oxygen atoms in total. The highest BCUT2D eigenvalue weighted by molar-refractivity contribution is 7.99. The minimum absolute atomic E-state index is 0.174. The Balaban J connectivity index is 2.75. The highest BCUT2D eigenvalue weighted by Gasteiger charge is 2.12. The molecule has 0 unspecified atom stereocenters. The molecule has 1 aromatic carbocycles. The molecule has 1 rings (SSSR count). The fraction of sp³-hybridized carbons (Fsp3) is 0.357. The number of carbonyl (C=O) groups is 3. The zero-order valence-electron chi connectivity index (χ0n) is 11.6. The van der Waals surface area contributed by atoms with E-state index in [1.54, 1.807) is 0 Å². The summed E-state index contributed by atoms with van der Waals surface area (Å²) in [6.45, 7) is 2.06. The summed E-state index contributed by atoms with van der Waals surface area (Å²) in [4.78, 5) is 33.6. The zero-order valence-corrected chi connectivity index (χ0v) is 12.4. The van der Waals surface area contributed by atoms with Gasteiger partial charge in [0.2, 0.25) is 5.91 Å². The second kappa shape index (κ2) is 8.31. The van der Waals surface area contributed by atoms with Crippen molar-refractivity contribution in [3.05, 3.63) is 29.3 Å². The number of amides is 1. The topological polar surface area (TPSA) is 104 Å². The van der Waals surface area contributed by atoms with E-state index in [9.17, 15) is 14.4 Å². The lowest BCUT2D eigenvalue weighted by Crippen LogP contribution is -2.15. The van der Waals surface area contributed by atoms with Crippen LogP contribution in [0.25, 0.3) is 0 Å². The molecule has 1 aromatic rings. The predicted octanol–water partition coefficient (Wildman–Crippen LogP) is 2.55. The lowest BCUT2D eigenvalue weighted by atomic mass is 10.1. The maximum Gasteiger partial charge on any atom is 0.335 e. The van der Waals surface area contributed by atoms with E-state index < -0.39 is 11.9 Å². The number of carboxylic acid groups (broad SMARTS) is 2. The summed E-state index contributed by atoms with van der Waals surface area (Å²) in [7, 11) is 0. The van der Waals surface area contributed by atoms with Crippen molar-refractivity contribution in [1.82, 2.24) is 0 Å². The summed E-state index contributed by atoms with van der Waals surface area (Å²) in [5, 5.41) is 20.4. The molecule has 0 bridgehead atoms. The molecule has 0 spiro atoms. The van der Waals surface area contributed by atoms with E-state index in [0.29, 0.717) is 0 Å². The van der Waals surface area contributed by atoms with Crippen molar-refractivity contribution >= 4 is 35.3 Å². The molecular weight excluding hydrogens is 294 g/mol. The molecule has 0 radical (unpaired) electrons. The van der Waals surface area contributed by atoms with Gasteiger partial charge in [-0.25, -0.2) is 9.59 Å². The van der Waals surface area contributed by atoms with Crippen molar-refractivity contribution < 1.29 is 24.6 Å². The van der Waals surface area contributed by atoms with Crippen LogP contribution < -0.4 is 5.32 Å². The molecular formula is C14H17NO5S. The van der Waals surface area contributed by atoms with Gasteiger partial charge in [0.15, 0.2) is 0 Å². The molecule has 0 aliphatic rings. The molecule has 21 heavy (non-hydrogen) atoms. The van der Waals surface area contributed by atoms with Crippen LogP contribution in [0, 0.1) is 0 Å². The van der Waals surface area contributed by atoms with Crippen LogP contribution in [-0.2, 0) is 4.79 Å². The van der Waals surface area contributed by atoms with E-state index in [-0.39, 0.29) is 28.5 Å². The average molecular weight is 311 g/mol. The molecule has 0 saturated carbocycles. The highest BCUT2D eigenvalue weighted by atomic mass is 32.2. The normalized spacial score (nSPS) is 10.1. The van der Waals surface area contributed by atoms with Gasteiger partial charge in [0.05, 0.1) is 16.9 Å². The van der Waals surface area contributed by atoms with Crippen molar-refractivity contribution in [2.75, 3.05) is 16.8 Å². The number of unbranched alkanes of at least 4 members (excludes halogenated alkanes) is 1. The van der Waals surface area contributed by atoms with Crippen LogP contribution in [0.2, 0.25) is 0 Å². The number of nitrogens with one attached hydrogen (secondary N) is 1. The van der Waals surface area contributed by atoms with Gasteiger partial charge in [-0.15, -0.1) is 0 Å². The Morgan fingerprint density at radius 3 is 2.14 bits per heavy atom. The fourth-order valence-electron chi connectivity index (χ4n) is 1.56. The van der Waals surface area contributed by atoms with Crippen LogP contribution in [0.1, 0.15) is 40.5 Å². The van der Waals surface area contributed by atoms with Crippen LogP contribution in [0.5, 0.6) is 0 Å². The maximum atomic E-state index is 11.7. The number of thioether (sulfide) groups is 1. The van der Waals surface area contributed by atoms with Gasteiger partial charge in [-0.3, -0.25) is 4.79 Å².